The van der Waals surface area contributed by atoms with E-state index < -0.39 is 5.60 Å². The van der Waals surface area contributed by atoms with E-state index in [1.54, 1.807) is 0 Å². The molecular weight excluding hydrogens is 420 g/mol. The maximum Gasteiger partial charge on any atom is 0.410 e. The van der Waals surface area contributed by atoms with E-state index in [9.17, 15) is 9.59 Å². The molecule has 0 spiro atoms. The molecule has 0 radical (unpaired) electrons. The van der Waals surface area contributed by atoms with Crippen LogP contribution < -0.4 is 4.90 Å². The van der Waals surface area contributed by atoms with E-state index in [1.165, 1.54) is 16.7 Å². The van der Waals surface area contributed by atoms with Gasteiger partial charge in [-0.25, -0.2) is 4.79 Å². The molecule has 1 unspecified atom stereocenters. The summed E-state index contributed by atoms with van der Waals surface area (Å²) < 4.78 is 6.62. The number of nitrogens with zero attached hydrogens (tertiary/aromatic N) is 2. The van der Waals surface area contributed by atoms with Gasteiger partial charge in [-0.3, -0.25) is 4.79 Å². The molecule has 5 nitrogen and oxygen atoms in total. The number of halogens is 1. The number of carbonyl (C=O) groups is 2. The quantitative estimate of drug-likeness (QED) is 0.634. The number of fused-ring (bicyclic) bond motifs is 2. The predicted molar refractivity (Wildman–Crippen MR) is 115 cm³/mol. The fourth-order valence-corrected chi connectivity index (χ4v) is 5.32. The number of carbonyl (C=O) groups excluding carboxylic acids is 2. The Labute approximate surface area is 176 Å². The second-order valence-electron chi connectivity index (χ2n) is 8.89. The van der Waals surface area contributed by atoms with Gasteiger partial charge in [-0.15, -0.1) is 0 Å². The van der Waals surface area contributed by atoms with Crippen molar-refractivity contribution in [2.75, 3.05) is 24.5 Å². The first-order valence-corrected chi connectivity index (χ1v) is 11.0. The molecule has 28 heavy (non-hydrogen) atoms. The van der Waals surface area contributed by atoms with Crippen LogP contribution in [0.25, 0.3) is 0 Å². The number of ether oxygens (including phenoxy) is 1. The smallest absolute Gasteiger partial charge is 0.410 e. The molecule has 6 heteroatoms. The molecule has 2 amide bonds. The fraction of sp³-hybridized carbons (Fsp3) is 0.636. The van der Waals surface area contributed by atoms with Crippen molar-refractivity contribution in [2.24, 2.45) is 0 Å². The normalized spacial score (nSPS) is 19.8. The van der Waals surface area contributed by atoms with Crippen LogP contribution >= 0.6 is 15.9 Å². The van der Waals surface area contributed by atoms with Crippen LogP contribution in [-0.4, -0.2) is 42.1 Å². The van der Waals surface area contributed by atoms with Crippen LogP contribution in [0.5, 0.6) is 0 Å². The van der Waals surface area contributed by atoms with Gasteiger partial charge < -0.3 is 14.5 Å². The second kappa shape index (κ2) is 8.05. The van der Waals surface area contributed by atoms with E-state index in [1.807, 2.05) is 30.6 Å². The highest BCUT2D eigenvalue weighted by atomic mass is 79.9. The lowest BCUT2D eigenvalue weighted by atomic mass is 9.89. The van der Waals surface area contributed by atoms with E-state index in [0.717, 1.165) is 36.0 Å². The molecule has 154 valence electrons. The van der Waals surface area contributed by atoms with Crippen molar-refractivity contribution < 1.29 is 14.3 Å². The van der Waals surface area contributed by atoms with Crippen LogP contribution in [0.4, 0.5) is 10.5 Å². The molecule has 1 atom stereocenters. The van der Waals surface area contributed by atoms with Crippen molar-refractivity contribution in [3.63, 3.8) is 0 Å². The maximum absolute atomic E-state index is 12.6. The first kappa shape index (κ1) is 21.2. The van der Waals surface area contributed by atoms with E-state index in [0.29, 0.717) is 19.5 Å². The third-order valence-corrected chi connectivity index (χ3v) is 6.16. The summed E-state index contributed by atoms with van der Waals surface area (Å²) in [6.07, 6.45) is 2.82. The van der Waals surface area contributed by atoms with Crippen molar-refractivity contribution in [1.82, 2.24) is 4.90 Å². The van der Waals surface area contributed by atoms with Crippen molar-refractivity contribution in [2.45, 2.75) is 71.8 Å². The van der Waals surface area contributed by atoms with Gasteiger partial charge in [-0.05, 0) is 72.7 Å². The lowest BCUT2D eigenvalue weighted by Crippen LogP contribution is -2.38. The number of rotatable bonds is 2. The minimum atomic E-state index is -0.500. The summed E-state index contributed by atoms with van der Waals surface area (Å²) in [5, 5.41) is 0. The van der Waals surface area contributed by atoms with Crippen molar-refractivity contribution in [3.8, 4) is 0 Å². The number of benzene rings is 1. The lowest BCUT2D eigenvalue weighted by Gasteiger charge is -2.33. The van der Waals surface area contributed by atoms with Gasteiger partial charge in [0.15, 0.2) is 0 Å². The van der Waals surface area contributed by atoms with Crippen LogP contribution in [0.1, 0.15) is 70.1 Å². The van der Waals surface area contributed by atoms with Gasteiger partial charge in [0.1, 0.15) is 5.60 Å². The minimum absolute atomic E-state index is 0.158. The fourth-order valence-electron chi connectivity index (χ4n) is 4.21. The Kier molecular flexibility index (Phi) is 6.08. The third-order valence-electron chi connectivity index (χ3n) is 5.36. The van der Waals surface area contributed by atoms with Crippen molar-refractivity contribution in [3.05, 3.63) is 27.2 Å². The van der Waals surface area contributed by atoms with Crippen LogP contribution in [0.2, 0.25) is 0 Å². The highest BCUT2D eigenvalue weighted by molar-refractivity contribution is 9.10. The predicted octanol–water partition coefficient (Wildman–Crippen LogP) is 5.04. The summed E-state index contributed by atoms with van der Waals surface area (Å²) in [5.74, 6) is 0.358. The third kappa shape index (κ3) is 4.22. The Bertz CT molecular complexity index is 785. The molecule has 0 fully saturated rings. The number of hydrogen-bond acceptors (Lipinski definition) is 3. The van der Waals surface area contributed by atoms with Crippen LogP contribution in [0.3, 0.4) is 0 Å². The Morgan fingerprint density at radius 2 is 1.96 bits per heavy atom. The molecule has 0 aromatic heterocycles. The molecule has 2 aliphatic rings. The maximum atomic E-state index is 12.6. The lowest BCUT2D eigenvalue weighted by molar-refractivity contribution is -0.118. The highest BCUT2D eigenvalue weighted by Gasteiger charge is 2.33. The van der Waals surface area contributed by atoms with Gasteiger partial charge in [0.2, 0.25) is 5.91 Å². The molecular formula is C22H31BrN2O3. The average Bonchev–Trinajstić information content (AvgIpc) is 2.75. The minimum Gasteiger partial charge on any atom is -0.444 e. The van der Waals surface area contributed by atoms with Gasteiger partial charge in [0.05, 0.1) is 5.69 Å². The van der Waals surface area contributed by atoms with Crippen molar-refractivity contribution in [1.29, 1.82) is 0 Å². The van der Waals surface area contributed by atoms with Crippen LogP contribution in [-0.2, 0) is 22.4 Å². The summed E-state index contributed by atoms with van der Waals surface area (Å²) in [4.78, 5) is 28.9. The Morgan fingerprint density at radius 1 is 1.25 bits per heavy atom. The van der Waals surface area contributed by atoms with Gasteiger partial charge in [0, 0.05) is 36.4 Å². The molecule has 3 rings (SSSR count). The molecule has 2 heterocycles. The average molecular weight is 451 g/mol. The topological polar surface area (TPSA) is 49.9 Å². The Hall–Kier alpha value is -1.56. The first-order valence-electron chi connectivity index (χ1n) is 10.2. The van der Waals surface area contributed by atoms with Gasteiger partial charge in [-0.2, -0.15) is 0 Å². The molecule has 1 aromatic carbocycles. The molecule has 2 aliphatic heterocycles. The summed E-state index contributed by atoms with van der Waals surface area (Å²) in [5.41, 5.74) is 4.27. The molecule has 0 saturated heterocycles. The SMILES string of the molecule is CCCN1C(=O)CCc2cc3c(c(Br)c21)C(C)CN(C(=O)OC(C)(C)C)CC3. The Morgan fingerprint density at radius 3 is 2.61 bits per heavy atom. The number of amides is 2. The number of aryl methyl sites for hydroxylation is 1. The molecule has 0 N–H and O–H groups in total. The van der Waals surface area contributed by atoms with E-state index >= 15 is 0 Å². The first-order chi connectivity index (χ1) is 13.1. The molecule has 0 aliphatic carbocycles. The number of hydrogen-bond donors (Lipinski definition) is 0. The highest BCUT2D eigenvalue weighted by Crippen LogP contribution is 2.43. The van der Waals surface area contributed by atoms with E-state index in [-0.39, 0.29) is 17.9 Å². The monoisotopic (exact) mass is 450 g/mol. The standard InChI is InChI=1S/C22H31BrN2O3/c1-6-10-25-17(26)8-7-16-12-15-9-11-24(21(27)28-22(3,4)5)13-14(2)18(15)19(23)20(16)25/h12,14H,6-11,13H2,1-5H3. The van der Waals surface area contributed by atoms with Gasteiger partial charge in [0.25, 0.3) is 0 Å². The van der Waals surface area contributed by atoms with Crippen molar-refractivity contribution >= 4 is 33.6 Å². The molecule has 1 aromatic rings. The number of anilines is 1. The van der Waals surface area contributed by atoms with Crippen LogP contribution in [0, 0.1) is 0 Å². The molecule has 0 saturated carbocycles. The zero-order chi connectivity index (χ0) is 20.6. The van der Waals surface area contributed by atoms with Gasteiger partial charge in [-0.1, -0.05) is 19.9 Å². The van der Waals surface area contributed by atoms with E-state index in [2.05, 4.69) is 35.8 Å². The summed E-state index contributed by atoms with van der Waals surface area (Å²) in [7, 11) is 0. The van der Waals surface area contributed by atoms with Crippen LogP contribution in [0.15, 0.2) is 10.5 Å². The summed E-state index contributed by atoms with van der Waals surface area (Å²) in [6.45, 7) is 11.9. The zero-order valence-corrected chi connectivity index (χ0v) is 19.2. The van der Waals surface area contributed by atoms with Gasteiger partial charge >= 0.3 is 6.09 Å². The Balaban J connectivity index is 1.95. The largest absolute Gasteiger partial charge is 0.444 e. The summed E-state index contributed by atoms with van der Waals surface area (Å²) >= 11 is 3.84. The second-order valence-corrected chi connectivity index (χ2v) is 9.69. The summed E-state index contributed by atoms with van der Waals surface area (Å²) in [6, 6.07) is 2.26. The zero-order valence-electron chi connectivity index (χ0n) is 17.6. The van der Waals surface area contributed by atoms with E-state index in [4.69, 9.17) is 4.74 Å². The molecule has 0 bridgehead atoms.